The fraction of sp³-hybridized carbons (Fsp3) is 0.0714. The van der Waals surface area contributed by atoms with Crippen molar-refractivity contribution in [1.29, 1.82) is 0 Å². The maximum Gasteiger partial charge on any atom is 0.198 e. The van der Waals surface area contributed by atoms with Gasteiger partial charge in [-0.1, -0.05) is 17.7 Å². The molecule has 19 heavy (non-hydrogen) atoms. The summed E-state index contributed by atoms with van der Waals surface area (Å²) in [4.78, 5) is 12.2. The third-order valence-electron chi connectivity index (χ3n) is 2.69. The molecule has 0 aromatic heterocycles. The minimum absolute atomic E-state index is 0.0124. The Balaban J connectivity index is 2.50. The Morgan fingerprint density at radius 3 is 2.63 bits per heavy atom. The smallest absolute Gasteiger partial charge is 0.198 e. The van der Waals surface area contributed by atoms with E-state index in [1.165, 1.54) is 37.4 Å². The van der Waals surface area contributed by atoms with Gasteiger partial charge in [0.15, 0.2) is 17.3 Å². The lowest BCUT2D eigenvalue weighted by Crippen LogP contribution is -2.08. The summed E-state index contributed by atoms with van der Waals surface area (Å²) < 4.78 is 18.8. The molecule has 2 aromatic rings. The van der Waals surface area contributed by atoms with Gasteiger partial charge in [0.05, 0.1) is 12.7 Å². The Hall–Kier alpha value is -2.07. The quantitative estimate of drug-likeness (QED) is 0.693. The number of rotatable bonds is 3. The first-order valence-corrected chi connectivity index (χ1v) is 5.84. The summed E-state index contributed by atoms with van der Waals surface area (Å²) in [6.45, 7) is 0. The fourth-order valence-corrected chi connectivity index (χ4v) is 1.91. The Labute approximate surface area is 114 Å². The Bertz CT molecular complexity index is 643. The summed E-state index contributed by atoms with van der Waals surface area (Å²) in [6, 6.07) is 8.82. The van der Waals surface area contributed by atoms with Crippen LogP contribution < -0.4 is 10.5 Å². The zero-order valence-corrected chi connectivity index (χ0v) is 10.9. The highest BCUT2D eigenvalue weighted by atomic mass is 35.5. The number of carbonyl (C=O) groups excluding carboxylic acids is 1. The van der Waals surface area contributed by atoms with Crippen LogP contribution in [0.3, 0.4) is 0 Å². The molecule has 2 aromatic carbocycles. The van der Waals surface area contributed by atoms with Crippen LogP contribution in [-0.2, 0) is 0 Å². The van der Waals surface area contributed by atoms with Crippen molar-refractivity contribution in [2.75, 3.05) is 12.8 Å². The Morgan fingerprint density at radius 2 is 2.00 bits per heavy atom. The molecule has 0 aliphatic rings. The van der Waals surface area contributed by atoms with Gasteiger partial charge in [0.1, 0.15) is 0 Å². The number of methoxy groups -OCH3 is 1. The molecule has 0 bridgehead atoms. The Morgan fingerprint density at radius 1 is 1.26 bits per heavy atom. The van der Waals surface area contributed by atoms with Crippen molar-refractivity contribution < 1.29 is 13.9 Å². The van der Waals surface area contributed by atoms with Crippen molar-refractivity contribution in [3.05, 3.63) is 58.4 Å². The van der Waals surface area contributed by atoms with Gasteiger partial charge in [-0.25, -0.2) is 4.39 Å². The van der Waals surface area contributed by atoms with Gasteiger partial charge < -0.3 is 10.5 Å². The molecule has 98 valence electrons. The van der Waals surface area contributed by atoms with E-state index in [0.717, 1.165) is 0 Å². The monoisotopic (exact) mass is 279 g/mol. The third kappa shape index (κ3) is 2.53. The molecule has 0 saturated heterocycles. The molecule has 0 fully saturated rings. The lowest BCUT2D eigenvalue weighted by atomic mass is 10.0. The first kappa shape index (κ1) is 13.4. The van der Waals surface area contributed by atoms with Crippen LogP contribution in [0.4, 0.5) is 10.1 Å². The maximum absolute atomic E-state index is 14.0. The number of carbonyl (C=O) groups is 1. The summed E-state index contributed by atoms with van der Waals surface area (Å²) >= 11 is 5.76. The van der Waals surface area contributed by atoms with Gasteiger partial charge in [-0.3, -0.25) is 4.79 Å². The standard InChI is InChI=1S/C14H11ClFNO2/c1-19-12-4-2-3-10(13(12)16)14(18)9-6-5-8(15)7-11(9)17/h2-7H,17H2,1H3. The summed E-state index contributed by atoms with van der Waals surface area (Å²) in [5.74, 6) is -1.20. The summed E-state index contributed by atoms with van der Waals surface area (Å²) in [6.07, 6.45) is 0. The molecule has 2 N–H and O–H groups in total. The molecule has 2 rings (SSSR count). The number of anilines is 1. The molecule has 0 aliphatic heterocycles. The van der Waals surface area contributed by atoms with Crippen LogP contribution >= 0.6 is 11.6 Å². The SMILES string of the molecule is COc1cccc(C(=O)c2ccc(Cl)cc2N)c1F. The van der Waals surface area contributed by atoms with Crippen LogP contribution in [-0.4, -0.2) is 12.9 Å². The van der Waals surface area contributed by atoms with Gasteiger partial charge in [0, 0.05) is 16.3 Å². The van der Waals surface area contributed by atoms with E-state index in [1.807, 2.05) is 0 Å². The second-order valence-corrected chi connectivity index (χ2v) is 4.32. The van der Waals surface area contributed by atoms with E-state index in [1.54, 1.807) is 6.07 Å². The van der Waals surface area contributed by atoms with E-state index >= 15 is 0 Å². The molecule has 3 nitrogen and oxygen atoms in total. The molecular formula is C14H11ClFNO2. The van der Waals surface area contributed by atoms with Gasteiger partial charge in [0.2, 0.25) is 0 Å². The largest absolute Gasteiger partial charge is 0.494 e. The molecular weight excluding hydrogens is 269 g/mol. The van der Waals surface area contributed by atoms with Gasteiger partial charge in [0.25, 0.3) is 0 Å². The molecule has 0 saturated carbocycles. The van der Waals surface area contributed by atoms with Gasteiger partial charge in [-0.15, -0.1) is 0 Å². The number of benzene rings is 2. The topological polar surface area (TPSA) is 52.3 Å². The highest BCUT2D eigenvalue weighted by Gasteiger charge is 2.19. The van der Waals surface area contributed by atoms with E-state index in [2.05, 4.69) is 0 Å². The average Bonchev–Trinajstić information content (AvgIpc) is 2.38. The first-order chi connectivity index (χ1) is 9.04. The second kappa shape index (κ2) is 5.28. The number of ether oxygens (including phenoxy) is 1. The molecule has 0 heterocycles. The number of hydrogen-bond donors (Lipinski definition) is 1. The van der Waals surface area contributed by atoms with Crippen molar-refractivity contribution in [3.8, 4) is 5.75 Å². The minimum Gasteiger partial charge on any atom is -0.494 e. The van der Waals surface area contributed by atoms with Crippen molar-refractivity contribution in [1.82, 2.24) is 0 Å². The highest BCUT2D eigenvalue weighted by molar-refractivity contribution is 6.31. The average molecular weight is 280 g/mol. The minimum atomic E-state index is -0.704. The molecule has 0 radical (unpaired) electrons. The summed E-state index contributed by atoms with van der Waals surface area (Å²) in [7, 11) is 1.34. The van der Waals surface area contributed by atoms with Crippen molar-refractivity contribution in [3.63, 3.8) is 0 Å². The van der Waals surface area contributed by atoms with Crippen LogP contribution in [0, 0.1) is 5.82 Å². The predicted octanol–water partition coefficient (Wildman–Crippen LogP) is 3.30. The molecule has 0 amide bonds. The van der Waals surface area contributed by atoms with E-state index in [9.17, 15) is 9.18 Å². The van der Waals surface area contributed by atoms with E-state index in [0.29, 0.717) is 5.02 Å². The van der Waals surface area contributed by atoms with Crippen LogP contribution in [0.25, 0.3) is 0 Å². The van der Waals surface area contributed by atoms with Gasteiger partial charge >= 0.3 is 0 Å². The number of nitrogens with two attached hydrogens (primary N) is 1. The zero-order chi connectivity index (χ0) is 14.0. The van der Waals surface area contributed by atoms with Gasteiger partial charge in [-0.05, 0) is 30.3 Å². The normalized spacial score (nSPS) is 10.3. The predicted molar refractivity (Wildman–Crippen MR) is 72.2 cm³/mol. The van der Waals surface area contributed by atoms with E-state index < -0.39 is 11.6 Å². The van der Waals surface area contributed by atoms with E-state index in [4.69, 9.17) is 22.1 Å². The maximum atomic E-state index is 14.0. The third-order valence-corrected chi connectivity index (χ3v) is 2.92. The van der Waals surface area contributed by atoms with Crippen LogP contribution in [0.15, 0.2) is 36.4 Å². The summed E-state index contributed by atoms with van der Waals surface area (Å²) in [5, 5.41) is 0.417. The molecule has 0 spiro atoms. The molecule has 0 aliphatic carbocycles. The van der Waals surface area contributed by atoms with Crippen molar-refractivity contribution in [2.45, 2.75) is 0 Å². The van der Waals surface area contributed by atoms with Crippen molar-refractivity contribution in [2.24, 2.45) is 0 Å². The number of nitrogen functional groups attached to an aromatic ring is 1. The first-order valence-electron chi connectivity index (χ1n) is 5.47. The second-order valence-electron chi connectivity index (χ2n) is 3.88. The zero-order valence-electron chi connectivity index (χ0n) is 10.1. The van der Waals surface area contributed by atoms with Gasteiger partial charge in [-0.2, -0.15) is 0 Å². The molecule has 0 atom stereocenters. The Kier molecular flexibility index (Phi) is 3.71. The fourth-order valence-electron chi connectivity index (χ4n) is 1.73. The van der Waals surface area contributed by atoms with Crippen LogP contribution in [0.5, 0.6) is 5.75 Å². The van der Waals surface area contributed by atoms with E-state index in [-0.39, 0.29) is 22.6 Å². The van der Waals surface area contributed by atoms with Crippen molar-refractivity contribution >= 4 is 23.1 Å². The lowest BCUT2D eigenvalue weighted by molar-refractivity contribution is 0.103. The van der Waals surface area contributed by atoms with Crippen LogP contribution in [0.1, 0.15) is 15.9 Å². The highest BCUT2D eigenvalue weighted by Crippen LogP contribution is 2.25. The number of halogens is 2. The number of hydrogen-bond acceptors (Lipinski definition) is 3. The number of ketones is 1. The lowest BCUT2D eigenvalue weighted by Gasteiger charge is -2.08. The summed E-state index contributed by atoms with van der Waals surface area (Å²) in [5.41, 5.74) is 6.05. The molecule has 0 unspecified atom stereocenters. The van der Waals surface area contributed by atoms with Crippen LogP contribution in [0.2, 0.25) is 5.02 Å². The molecule has 5 heteroatoms.